The number of carbonyl (C=O) groups is 2. The molecule has 78 valence electrons. The molecule has 0 bridgehead atoms. The second-order valence-electron chi connectivity index (χ2n) is 3.03. The maximum absolute atomic E-state index is 11.1. The second kappa shape index (κ2) is 3.82. The number of anilines is 1. The van der Waals surface area contributed by atoms with Crippen molar-refractivity contribution in [1.82, 2.24) is 15.3 Å². The number of hydrogen-bond acceptors (Lipinski definition) is 5. The summed E-state index contributed by atoms with van der Waals surface area (Å²) in [5, 5.41) is 2.47. The standard InChI is InChI=1S/C8H7ClN4O2/c9-5-1-6(11-4-10-5)13-2-7(14)12-8(15)3-13/h1,4H,2-3H2,(H,12,14,15). The molecule has 0 aliphatic carbocycles. The smallest absolute Gasteiger partial charge is 0.246 e. The molecule has 0 saturated carbocycles. The van der Waals surface area contributed by atoms with E-state index in [1.807, 2.05) is 0 Å². The molecule has 2 amide bonds. The topological polar surface area (TPSA) is 75.2 Å². The van der Waals surface area contributed by atoms with Gasteiger partial charge in [-0.1, -0.05) is 11.6 Å². The van der Waals surface area contributed by atoms with Crippen molar-refractivity contribution in [2.75, 3.05) is 18.0 Å². The van der Waals surface area contributed by atoms with Crippen LogP contribution >= 0.6 is 11.6 Å². The highest BCUT2D eigenvalue weighted by Crippen LogP contribution is 2.14. The third kappa shape index (κ3) is 2.21. The maximum Gasteiger partial charge on any atom is 0.246 e. The number of halogens is 1. The Hall–Kier alpha value is -1.69. The summed E-state index contributed by atoms with van der Waals surface area (Å²) >= 11 is 5.67. The number of aromatic nitrogens is 2. The number of hydrogen-bond donors (Lipinski definition) is 1. The van der Waals surface area contributed by atoms with Gasteiger partial charge in [-0.15, -0.1) is 0 Å². The quantitative estimate of drug-likeness (QED) is 0.521. The van der Waals surface area contributed by atoms with Gasteiger partial charge in [-0.05, 0) is 0 Å². The Bertz CT molecular complexity index is 407. The number of nitrogens with one attached hydrogen (secondary N) is 1. The summed E-state index contributed by atoms with van der Waals surface area (Å²) in [6.45, 7) is 0.193. The number of carbonyl (C=O) groups excluding carboxylic acids is 2. The van der Waals surface area contributed by atoms with Crippen LogP contribution in [0.25, 0.3) is 0 Å². The summed E-state index contributed by atoms with van der Waals surface area (Å²) in [5.74, 6) is -0.222. The van der Waals surface area contributed by atoms with Gasteiger partial charge in [-0.3, -0.25) is 14.9 Å². The number of imide groups is 1. The summed E-state index contributed by atoms with van der Waals surface area (Å²) < 4.78 is 0. The van der Waals surface area contributed by atoms with Gasteiger partial charge in [-0.2, -0.15) is 0 Å². The molecule has 0 aromatic carbocycles. The van der Waals surface area contributed by atoms with Crippen LogP contribution in [-0.4, -0.2) is 34.9 Å². The number of piperazine rings is 1. The van der Waals surface area contributed by atoms with E-state index in [0.29, 0.717) is 5.82 Å². The minimum absolute atomic E-state index is 0.0963. The van der Waals surface area contributed by atoms with Crippen molar-refractivity contribution in [3.63, 3.8) is 0 Å². The molecule has 1 fully saturated rings. The Morgan fingerprint density at radius 3 is 2.53 bits per heavy atom. The molecule has 7 heteroatoms. The SMILES string of the molecule is O=C1CN(c2cc(Cl)ncn2)CC(=O)N1. The fraction of sp³-hybridized carbons (Fsp3) is 0.250. The van der Waals surface area contributed by atoms with Crippen molar-refractivity contribution in [1.29, 1.82) is 0 Å². The zero-order valence-electron chi connectivity index (χ0n) is 7.61. The van der Waals surface area contributed by atoms with Crippen LogP contribution in [0.2, 0.25) is 5.15 Å². The van der Waals surface area contributed by atoms with Gasteiger partial charge >= 0.3 is 0 Å². The number of amides is 2. The molecular formula is C8H7ClN4O2. The van der Waals surface area contributed by atoms with E-state index in [2.05, 4.69) is 15.3 Å². The van der Waals surface area contributed by atoms with Gasteiger partial charge in [0.25, 0.3) is 0 Å². The Kier molecular flexibility index (Phi) is 2.51. The molecule has 1 aromatic rings. The molecule has 1 saturated heterocycles. The van der Waals surface area contributed by atoms with Gasteiger partial charge in [0.1, 0.15) is 17.3 Å². The fourth-order valence-electron chi connectivity index (χ4n) is 1.30. The van der Waals surface area contributed by atoms with Crippen LogP contribution in [0.1, 0.15) is 0 Å². The van der Waals surface area contributed by atoms with Crippen molar-refractivity contribution in [3.8, 4) is 0 Å². The normalized spacial score (nSPS) is 16.5. The van der Waals surface area contributed by atoms with Crippen molar-refractivity contribution >= 4 is 29.2 Å². The van der Waals surface area contributed by atoms with Crippen LogP contribution in [0.5, 0.6) is 0 Å². The van der Waals surface area contributed by atoms with E-state index in [1.165, 1.54) is 17.3 Å². The summed E-state index contributed by atoms with van der Waals surface area (Å²) in [7, 11) is 0. The lowest BCUT2D eigenvalue weighted by molar-refractivity contribution is -0.130. The third-order valence-corrected chi connectivity index (χ3v) is 2.10. The van der Waals surface area contributed by atoms with Crippen LogP contribution in [0.15, 0.2) is 12.4 Å². The fourth-order valence-corrected chi connectivity index (χ4v) is 1.44. The molecular weight excluding hydrogens is 220 g/mol. The molecule has 2 rings (SSSR count). The van der Waals surface area contributed by atoms with Crippen LogP contribution in [0, 0.1) is 0 Å². The van der Waals surface area contributed by atoms with Crippen molar-refractivity contribution in [2.45, 2.75) is 0 Å². The highest BCUT2D eigenvalue weighted by Gasteiger charge is 2.23. The molecule has 0 radical (unpaired) electrons. The van der Waals surface area contributed by atoms with E-state index in [0.717, 1.165) is 0 Å². The van der Waals surface area contributed by atoms with E-state index in [4.69, 9.17) is 11.6 Å². The summed E-state index contributed by atoms with van der Waals surface area (Å²) in [4.78, 5) is 31.4. The number of nitrogens with zero attached hydrogens (tertiary/aromatic N) is 3. The van der Waals surface area contributed by atoms with E-state index >= 15 is 0 Å². The van der Waals surface area contributed by atoms with Crippen molar-refractivity contribution in [3.05, 3.63) is 17.5 Å². The average molecular weight is 227 g/mol. The Balaban J connectivity index is 2.23. The molecule has 0 unspecified atom stereocenters. The first-order valence-corrected chi connectivity index (χ1v) is 4.58. The monoisotopic (exact) mass is 226 g/mol. The average Bonchev–Trinajstić information content (AvgIpc) is 2.16. The molecule has 0 spiro atoms. The molecule has 1 aliphatic rings. The largest absolute Gasteiger partial charge is 0.338 e. The molecule has 0 atom stereocenters. The van der Waals surface area contributed by atoms with Crippen molar-refractivity contribution < 1.29 is 9.59 Å². The van der Waals surface area contributed by atoms with Crippen LogP contribution in [0.3, 0.4) is 0 Å². The van der Waals surface area contributed by atoms with Gasteiger partial charge in [0, 0.05) is 6.07 Å². The third-order valence-electron chi connectivity index (χ3n) is 1.89. The van der Waals surface area contributed by atoms with Crippen LogP contribution in [0.4, 0.5) is 5.82 Å². The Labute approximate surface area is 90.3 Å². The maximum atomic E-state index is 11.1. The lowest BCUT2D eigenvalue weighted by Crippen LogP contribution is -2.51. The van der Waals surface area contributed by atoms with Gasteiger partial charge < -0.3 is 4.90 Å². The first-order valence-electron chi connectivity index (χ1n) is 4.20. The minimum atomic E-state index is -0.346. The summed E-state index contributed by atoms with van der Waals surface area (Å²) in [6, 6.07) is 1.51. The van der Waals surface area contributed by atoms with Gasteiger partial charge in [-0.25, -0.2) is 9.97 Å². The second-order valence-corrected chi connectivity index (χ2v) is 3.41. The molecule has 1 aromatic heterocycles. The molecule has 15 heavy (non-hydrogen) atoms. The van der Waals surface area contributed by atoms with Crippen LogP contribution in [-0.2, 0) is 9.59 Å². The highest BCUT2D eigenvalue weighted by atomic mass is 35.5. The Morgan fingerprint density at radius 2 is 1.93 bits per heavy atom. The van der Waals surface area contributed by atoms with Crippen molar-refractivity contribution in [2.24, 2.45) is 0 Å². The molecule has 2 heterocycles. The molecule has 1 aliphatic heterocycles. The Morgan fingerprint density at radius 1 is 1.27 bits per heavy atom. The van der Waals surface area contributed by atoms with Gasteiger partial charge in [0.15, 0.2) is 0 Å². The highest BCUT2D eigenvalue weighted by molar-refractivity contribution is 6.29. The predicted molar refractivity (Wildman–Crippen MR) is 52.4 cm³/mol. The first-order chi connectivity index (χ1) is 7.15. The zero-order chi connectivity index (χ0) is 10.8. The van der Waals surface area contributed by atoms with E-state index in [1.54, 1.807) is 0 Å². The number of rotatable bonds is 1. The van der Waals surface area contributed by atoms with Crippen LogP contribution < -0.4 is 10.2 Å². The molecule has 1 N–H and O–H groups in total. The van der Waals surface area contributed by atoms with Gasteiger partial charge in [0.05, 0.1) is 13.1 Å². The van der Waals surface area contributed by atoms with E-state index < -0.39 is 0 Å². The van der Waals surface area contributed by atoms with Gasteiger partial charge in [0.2, 0.25) is 11.8 Å². The summed E-state index contributed by atoms with van der Waals surface area (Å²) in [6.07, 6.45) is 1.29. The lowest BCUT2D eigenvalue weighted by atomic mass is 10.3. The van der Waals surface area contributed by atoms with E-state index in [-0.39, 0.29) is 30.1 Å². The van der Waals surface area contributed by atoms with E-state index in [9.17, 15) is 9.59 Å². The lowest BCUT2D eigenvalue weighted by Gasteiger charge is -2.25. The summed E-state index contributed by atoms with van der Waals surface area (Å²) in [5.41, 5.74) is 0. The minimum Gasteiger partial charge on any atom is -0.338 e. The first kappa shape index (κ1) is 9.85. The zero-order valence-corrected chi connectivity index (χ0v) is 8.36. The predicted octanol–water partition coefficient (Wildman–Crippen LogP) is -0.407. The molecule has 6 nitrogen and oxygen atoms in total.